The summed E-state index contributed by atoms with van der Waals surface area (Å²) >= 11 is 0. The smallest absolute Gasteiger partial charge is 0.274 e. The first-order chi connectivity index (χ1) is 19.5. The standard InChI is InChI=1S/C28H20F4N8O/c1-28(2)19-22(26(41)35-14-10-17(30)20(32)18(31)11-14)36-24(37-23(19)38-27(28)33)21-15-7-5-9-34-25(15)40(39-21)12-13-6-3-4-8-16(13)29/h3-11H,12H2,1-2H3,(H,35,41)(H2,33,36,37,38). The Morgan fingerprint density at radius 3 is 2.46 bits per heavy atom. The molecule has 2 aromatic carbocycles. The van der Waals surface area contributed by atoms with Gasteiger partial charge in [-0.3, -0.25) is 4.79 Å². The van der Waals surface area contributed by atoms with Gasteiger partial charge in [0.25, 0.3) is 5.91 Å². The summed E-state index contributed by atoms with van der Waals surface area (Å²) in [5.41, 5.74) is 6.02. The van der Waals surface area contributed by atoms with E-state index < -0.39 is 34.6 Å². The lowest BCUT2D eigenvalue weighted by Crippen LogP contribution is -2.34. The molecule has 0 saturated carbocycles. The summed E-state index contributed by atoms with van der Waals surface area (Å²) in [6, 6.07) is 11.0. The normalized spacial score (nSPS) is 13.8. The van der Waals surface area contributed by atoms with Gasteiger partial charge in [-0.15, -0.1) is 0 Å². The highest BCUT2D eigenvalue weighted by molar-refractivity contribution is 6.09. The number of benzene rings is 2. The average Bonchev–Trinajstić information content (AvgIpc) is 3.41. The number of aromatic nitrogens is 5. The number of rotatable bonds is 5. The van der Waals surface area contributed by atoms with Gasteiger partial charge in [0.1, 0.15) is 23.0 Å². The third kappa shape index (κ3) is 4.35. The zero-order valence-corrected chi connectivity index (χ0v) is 21.6. The van der Waals surface area contributed by atoms with E-state index in [2.05, 4.69) is 30.4 Å². The van der Waals surface area contributed by atoms with Crippen molar-refractivity contribution in [1.82, 2.24) is 24.7 Å². The molecule has 1 aliphatic rings. The molecular formula is C28H20F4N8O. The number of carbonyl (C=O) groups is 1. The fourth-order valence-corrected chi connectivity index (χ4v) is 4.65. The maximum Gasteiger partial charge on any atom is 0.274 e. The first-order valence-corrected chi connectivity index (χ1v) is 12.3. The average molecular weight is 561 g/mol. The second-order valence-electron chi connectivity index (χ2n) is 9.90. The van der Waals surface area contributed by atoms with E-state index in [0.29, 0.717) is 28.7 Å². The molecule has 41 heavy (non-hydrogen) atoms. The number of amides is 1. The minimum atomic E-state index is -1.66. The summed E-state index contributed by atoms with van der Waals surface area (Å²) in [7, 11) is 0. The van der Waals surface area contributed by atoms with Gasteiger partial charge < -0.3 is 11.1 Å². The van der Waals surface area contributed by atoms with Crippen molar-refractivity contribution in [2.24, 2.45) is 10.7 Å². The molecule has 3 N–H and O–H groups in total. The fourth-order valence-electron chi connectivity index (χ4n) is 4.65. The van der Waals surface area contributed by atoms with Gasteiger partial charge in [-0.25, -0.2) is 42.2 Å². The minimum absolute atomic E-state index is 0.00935. The topological polar surface area (TPSA) is 124 Å². The molecule has 0 fully saturated rings. The number of anilines is 1. The number of pyridine rings is 1. The number of hydrogen-bond donors (Lipinski definition) is 2. The quantitative estimate of drug-likeness (QED) is 0.230. The molecule has 5 aromatic rings. The van der Waals surface area contributed by atoms with E-state index in [1.54, 1.807) is 50.4 Å². The van der Waals surface area contributed by atoms with Crippen molar-refractivity contribution in [3.05, 3.63) is 94.8 Å². The minimum Gasteiger partial charge on any atom is -0.386 e. The van der Waals surface area contributed by atoms with Gasteiger partial charge in [-0.2, -0.15) is 5.10 Å². The van der Waals surface area contributed by atoms with Gasteiger partial charge in [0.15, 0.2) is 34.7 Å². The fraction of sp³-hybridized carbons (Fsp3) is 0.143. The molecule has 0 spiro atoms. The number of nitrogens with zero attached hydrogens (tertiary/aromatic N) is 6. The molecular weight excluding hydrogens is 540 g/mol. The van der Waals surface area contributed by atoms with Gasteiger partial charge in [0.2, 0.25) is 0 Å². The number of aliphatic imine (C=N–C) groups is 1. The summed E-state index contributed by atoms with van der Waals surface area (Å²) in [5.74, 6) is -5.61. The van der Waals surface area contributed by atoms with Crippen LogP contribution in [0.2, 0.25) is 0 Å². The van der Waals surface area contributed by atoms with Crippen LogP contribution in [0.4, 0.5) is 29.1 Å². The molecule has 206 valence electrons. The Labute approximate surface area is 229 Å². The van der Waals surface area contributed by atoms with E-state index in [-0.39, 0.29) is 46.7 Å². The first-order valence-electron chi connectivity index (χ1n) is 12.3. The highest BCUT2D eigenvalue weighted by atomic mass is 19.2. The van der Waals surface area contributed by atoms with Crippen LogP contribution in [0, 0.1) is 23.3 Å². The van der Waals surface area contributed by atoms with E-state index in [0.717, 1.165) is 0 Å². The predicted molar refractivity (Wildman–Crippen MR) is 143 cm³/mol. The maximum absolute atomic E-state index is 14.4. The lowest BCUT2D eigenvalue weighted by Gasteiger charge is -2.21. The first kappa shape index (κ1) is 26.0. The van der Waals surface area contributed by atoms with E-state index in [1.165, 1.54) is 10.7 Å². The van der Waals surface area contributed by atoms with Crippen LogP contribution in [0.5, 0.6) is 0 Å². The van der Waals surface area contributed by atoms with E-state index in [9.17, 15) is 22.4 Å². The highest BCUT2D eigenvalue weighted by Gasteiger charge is 2.40. The maximum atomic E-state index is 14.4. The summed E-state index contributed by atoms with van der Waals surface area (Å²) in [6.07, 6.45) is 1.56. The lowest BCUT2D eigenvalue weighted by molar-refractivity contribution is 0.102. The summed E-state index contributed by atoms with van der Waals surface area (Å²) in [6.45, 7) is 3.49. The molecule has 3 aromatic heterocycles. The number of carbonyl (C=O) groups excluding carboxylic acids is 1. The van der Waals surface area contributed by atoms with Crippen molar-refractivity contribution in [2.75, 3.05) is 5.32 Å². The van der Waals surface area contributed by atoms with E-state index >= 15 is 0 Å². The Hall–Kier alpha value is -5.20. The SMILES string of the molecule is CC1(C)C(N)=Nc2nc(-c3nn(Cc4ccccc4F)c4ncccc34)nc(C(=O)Nc3cc(F)c(F)c(F)c3)c21. The number of halogens is 4. The lowest BCUT2D eigenvalue weighted by atomic mass is 9.84. The molecule has 1 aliphatic heterocycles. The van der Waals surface area contributed by atoms with Gasteiger partial charge in [0.05, 0.1) is 17.3 Å². The Bertz CT molecular complexity index is 1890. The van der Waals surface area contributed by atoms with Crippen molar-refractivity contribution in [1.29, 1.82) is 0 Å². The molecule has 13 heteroatoms. The molecule has 1 amide bonds. The zero-order chi connectivity index (χ0) is 29.1. The number of hydrogen-bond acceptors (Lipinski definition) is 7. The van der Waals surface area contributed by atoms with Crippen LogP contribution in [0.3, 0.4) is 0 Å². The van der Waals surface area contributed by atoms with Crippen molar-refractivity contribution in [3.8, 4) is 11.5 Å². The van der Waals surface area contributed by atoms with Crippen molar-refractivity contribution < 1.29 is 22.4 Å². The third-order valence-electron chi connectivity index (χ3n) is 6.84. The molecule has 0 unspecified atom stereocenters. The van der Waals surface area contributed by atoms with E-state index in [4.69, 9.17) is 5.73 Å². The molecule has 0 saturated heterocycles. The van der Waals surface area contributed by atoms with Crippen LogP contribution >= 0.6 is 0 Å². The second-order valence-corrected chi connectivity index (χ2v) is 9.90. The monoisotopic (exact) mass is 560 g/mol. The van der Waals surface area contributed by atoms with Crippen LogP contribution in [-0.4, -0.2) is 36.5 Å². The number of nitrogens with two attached hydrogens (primary N) is 1. The number of nitrogens with one attached hydrogen (secondary N) is 1. The molecule has 9 nitrogen and oxygen atoms in total. The van der Waals surface area contributed by atoms with Gasteiger partial charge in [0, 0.05) is 35.1 Å². The third-order valence-corrected chi connectivity index (χ3v) is 6.84. The van der Waals surface area contributed by atoms with Gasteiger partial charge >= 0.3 is 0 Å². The molecule has 0 atom stereocenters. The van der Waals surface area contributed by atoms with Crippen molar-refractivity contribution in [3.63, 3.8) is 0 Å². The molecule has 0 aliphatic carbocycles. The van der Waals surface area contributed by atoms with Crippen LogP contribution in [-0.2, 0) is 12.0 Å². The van der Waals surface area contributed by atoms with Gasteiger partial charge in [-0.1, -0.05) is 18.2 Å². The molecule has 6 rings (SSSR count). The van der Waals surface area contributed by atoms with Crippen LogP contribution in [0.15, 0.2) is 59.7 Å². The summed E-state index contributed by atoms with van der Waals surface area (Å²) in [4.78, 5) is 31.3. The largest absolute Gasteiger partial charge is 0.386 e. The molecule has 0 radical (unpaired) electrons. The highest BCUT2D eigenvalue weighted by Crippen LogP contribution is 2.41. The van der Waals surface area contributed by atoms with Crippen LogP contribution in [0.25, 0.3) is 22.6 Å². The second kappa shape index (κ2) is 9.47. The molecule has 0 bridgehead atoms. The van der Waals surface area contributed by atoms with E-state index in [1.807, 2.05) is 0 Å². The predicted octanol–water partition coefficient (Wildman–Crippen LogP) is 5.03. The van der Waals surface area contributed by atoms with Crippen LogP contribution < -0.4 is 11.1 Å². The zero-order valence-electron chi connectivity index (χ0n) is 21.6. The van der Waals surface area contributed by atoms with Gasteiger partial charge in [-0.05, 0) is 32.0 Å². The summed E-state index contributed by atoms with van der Waals surface area (Å²) in [5, 5.41) is 7.49. The Kier molecular flexibility index (Phi) is 6.01. The van der Waals surface area contributed by atoms with Crippen molar-refractivity contribution >= 4 is 34.3 Å². The Balaban J connectivity index is 1.50. The number of amidine groups is 1. The van der Waals surface area contributed by atoms with Crippen molar-refractivity contribution in [2.45, 2.75) is 25.8 Å². The Morgan fingerprint density at radius 1 is 1.00 bits per heavy atom. The molecule has 4 heterocycles. The Morgan fingerprint density at radius 2 is 1.73 bits per heavy atom. The van der Waals surface area contributed by atoms with Crippen LogP contribution in [0.1, 0.15) is 35.5 Å². The summed E-state index contributed by atoms with van der Waals surface area (Å²) < 4.78 is 57.1. The number of fused-ring (bicyclic) bond motifs is 2.